The standard InChI is InChI=1S/C20H25N3O2/c1-2-25-19-11-7-6-10-18(19)21-20(24)23-14-12-22(13-15-23)16-17-8-4-3-5-9-17/h3-11H,2,12-16H2,1H3,(H,21,24). The molecule has 1 aliphatic heterocycles. The second-order valence-corrected chi connectivity index (χ2v) is 6.11. The third-order valence-corrected chi connectivity index (χ3v) is 4.34. The molecule has 0 radical (unpaired) electrons. The Bertz CT molecular complexity index is 682. The zero-order valence-corrected chi connectivity index (χ0v) is 14.6. The van der Waals surface area contributed by atoms with E-state index in [4.69, 9.17) is 4.74 Å². The van der Waals surface area contributed by atoms with Crippen molar-refractivity contribution in [3.8, 4) is 5.75 Å². The Balaban J connectivity index is 1.52. The fourth-order valence-electron chi connectivity index (χ4n) is 3.00. The van der Waals surface area contributed by atoms with E-state index in [0.717, 1.165) is 38.4 Å². The van der Waals surface area contributed by atoms with Crippen molar-refractivity contribution >= 4 is 11.7 Å². The van der Waals surface area contributed by atoms with Crippen molar-refractivity contribution in [3.05, 3.63) is 60.2 Å². The predicted molar refractivity (Wildman–Crippen MR) is 99.9 cm³/mol. The van der Waals surface area contributed by atoms with Gasteiger partial charge in [0.05, 0.1) is 12.3 Å². The zero-order chi connectivity index (χ0) is 17.5. The van der Waals surface area contributed by atoms with Crippen LogP contribution in [0.15, 0.2) is 54.6 Å². The number of ether oxygens (including phenoxy) is 1. The molecule has 2 aromatic carbocycles. The molecule has 0 atom stereocenters. The molecule has 0 saturated carbocycles. The first-order chi connectivity index (χ1) is 12.3. The summed E-state index contributed by atoms with van der Waals surface area (Å²) in [4.78, 5) is 16.8. The molecule has 2 amide bonds. The first kappa shape index (κ1) is 17.3. The molecule has 3 rings (SSSR count). The van der Waals surface area contributed by atoms with Crippen molar-refractivity contribution in [2.24, 2.45) is 0 Å². The lowest BCUT2D eigenvalue weighted by molar-refractivity contribution is 0.143. The van der Waals surface area contributed by atoms with Crippen molar-refractivity contribution in [1.82, 2.24) is 9.80 Å². The molecule has 0 bridgehead atoms. The summed E-state index contributed by atoms with van der Waals surface area (Å²) in [7, 11) is 0. The minimum absolute atomic E-state index is 0.0634. The average molecular weight is 339 g/mol. The van der Waals surface area contributed by atoms with Crippen molar-refractivity contribution < 1.29 is 9.53 Å². The van der Waals surface area contributed by atoms with E-state index < -0.39 is 0 Å². The van der Waals surface area contributed by atoms with E-state index in [0.29, 0.717) is 12.4 Å². The fraction of sp³-hybridized carbons (Fsp3) is 0.350. The SMILES string of the molecule is CCOc1ccccc1NC(=O)N1CCN(Cc2ccccc2)CC1. The summed E-state index contributed by atoms with van der Waals surface area (Å²) >= 11 is 0. The normalized spacial score (nSPS) is 15.0. The lowest BCUT2D eigenvalue weighted by Gasteiger charge is -2.34. The summed E-state index contributed by atoms with van der Waals surface area (Å²) in [6.07, 6.45) is 0. The van der Waals surface area contributed by atoms with Gasteiger partial charge < -0.3 is 15.0 Å². The van der Waals surface area contributed by atoms with Crippen LogP contribution in [0.3, 0.4) is 0 Å². The third kappa shape index (κ3) is 4.73. The Morgan fingerprint density at radius 3 is 2.40 bits per heavy atom. The molecular formula is C20H25N3O2. The van der Waals surface area contributed by atoms with Crippen LogP contribution in [0.1, 0.15) is 12.5 Å². The summed E-state index contributed by atoms with van der Waals surface area (Å²) in [6, 6.07) is 17.9. The molecule has 1 saturated heterocycles. The van der Waals surface area contributed by atoms with Crippen LogP contribution in [-0.2, 0) is 6.54 Å². The molecule has 0 aliphatic carbocycles. The highest BCUT2D eigenvalue weighted by Gasteiger charge is 2.21. The number of carbonyl (C=O) groups excluding carboxylic acids is 1. The second-order valence-electron chi connectivity index (χ2n) is 6.11. The van der Waals surface area contributed by atoms with Gasteiger partial charge in [-0.1, -0.05) is 42.5 Å². The number of anilines is 1. The molecule has 5 nitrogen and oxygen atoms in total. The van der Waals surface area contributed by atoms with Gasteiger partial charge in [0.1, 0.15) is 5.75 Å². The van der Waals surface area contributed by atoms with Crippen LogP contribution in [-0.4, -0.2) is 48.6 Å². The van der Waals surface area contributed by atoms with Gasteiger partial charge in [-0.2, -0.15) is 0 Å². The zero-order valence-electron chi connectivity index (χ0n) is 14.6. The van der Waals surface area contributed by atoms with Crippen molar-refractivity contribution in [3.63, 3.8) is 0 Å². The van der Waals surface area contributed by atoms with E-state index in [2.05, 4.69) is 34.5 Å². The number of carbonyl (C=O) groups is 1. The van der Waals surface area contributed by atoms with Crippen LogP contribution in [0, 0.1) is 0 Å². The van der Waals surface area contributed by atoms with Crippen LogP contribution in [0.2, 0.25) is 0 Å². The lowest BCUT2D eigenvalue weighted by atomic mass is 10.2. The number of amides is 2. The molecule has 1 N–H and O–H groups in total. The topological polar surface area (TPSA) is 44.8 Å². The van der Waals surface area contributed by atoms with E-state index in [9.17, 15) is 4.79 Å². The first-order valence-corrected chi connectivity index (χ1v) is 8.80. The van der Waals surface area contributed by atoms with Gasteiger partial charge in [0, 0.05) is 32.7 Å². The summed E-state index contributed by atoms with van der Waals surface area (Å²) in [5.74, 6) is 0.709. The van der Waals surface area contributed by atoms with E-state index in [1.807, 2.05) is 42.2 Å². The Morgan fingerprint density at radius 2 is 1.68 bits per heavy atom. The van der Waals surface area contributed by atoms with Crippen molar-refractivity contribution in [2.75, 3.05) is 38.1 Å². The molecule has 1 heterocycles. The Hall–Kier alpha value is -2.53. The smallest absolute Gasteiger partial charge is 0.322 e. The molecule has 0 unspecified atom stereocenters. The molecule has 25 heavy (non-hydrogen) atoms. The van der Waals surface area contributed by atoms with Gasteiger partial charge in [-0.15, -0.1) is 0 Å². The van der Waals surface area contributed by atoms with Gasteiger partial charge >= 0.3 is 6.03 Å². The molecule has 0 spiro atoms. The monoisotopic (exact) mass is 339 g/mol. The summed E-state index contributed by atoms with van der Waals surface area (Å²) in [5.41, 5.74) is 2.03. The highest BCUT2D eigenvalue weighted by molar-refractivity contribution is 5.91. The van der Waals surface area contributed by atoms with Gasteiger partial charge in [0.2, 0.25) is 0 Å². The Labute approximate surface area is 149 Å². The maximum absolute atomic E-state index is 12.5. The number of urea groups is 1. The number of benzene rings is 2. The molecule has 5 heteroatoms. The molecule has 1 fully saturated rings. The van der Waals surface area contributed by atoms with Gasteiger partial charge in [0.25, 0.3) is 0 Å². The highest BCUT2D eigenvalue weighted by atomic mass is 16.5. The number of rotatable bonds is 5. The number of hydrogen-bond donors (Lipinski definition) is 1. The number of nitrogens with one attached hydrogen (secondary N) is 1. The summed E-state index contributed by atoms with van der Waals surface area (Å²) < 4.78 is 5.57. The van der Waals surface area contributed by atoms with Crippen LogP contribution in [0.25, 0.3) is 0 Å². The third-order valence-electron chi connectivity index (χ3n) is 4.34. The first-order valence-electron chi connectivity index (χ1n) is 8.80. The lowest BCUT2D eigenvalue weighted by Crippen LogP contribution is -2.49. The molecule has 2 aromatic rings. The summed E-state index contributed by atoms with van der Waals surface area (Å²) in [6.45, 7) is 6.68. The van der Waals surface area contributed by atoms with Crippen LogP contribution in [0.5, 0.6) is 5.75 Å². The van der Waals surface area contributed by atoms with E-state index >= 15 is 0 Å². The molecule has 132 valence electrons. The fourth-order valence-corrected chi connectivity index (χ4v) is 3.00. The Morgan fingerprint density at radius 1 is 1.00 bits per heavy atom. The molecule has 0 aromatic heterocycles. The number of nitrogens with zero attached hydrogens (tertiary/aromatic N) is 2. The number of hydrogen-bond acceptors (Lipinski definition) is 3. The minimum atomic E-state index is -0.0634. The second kappa shape index (κ2) is 8.53. The van der Waals surface area contributed by atoms with Gasteiger partial charge in [-0.25, -0.2) is 4.79 Å². The Kier molecular flexibility index (Phi) is 5.90. The molecular weight excluding hydrogens is 314 g/mol. The van der Waals surface area contributed by atoms with E-state index in [1.165, 1.54) is 5.56 Å². The predicted octanol–water partition coefficient (Wildman–Crippen LogP) is 3.44. The maximum Gasteiger partial charge on any atom is 0.322 e. The van der Waals surface area contributed by atoms with Gasteiger partial charge in [0.15, 0.2) is 0 Å². The quantitative estimate of drug-likeness (QED) is 0.908. The maximum atomic E-state index is 12.5. The van der Waals surface area contributed by atoms with Gasteiger partial charge in [-0.05, 0) is 24.6 Å². The van der Waals surface area contributed by atoms with Crippen LogP contribution >= 0.6 is 0 Å². The highest BCUT2D eigenvalue weighted by Crippen LogP contribution is 2.24. The van der Waals surface area contributed by atoms with Crippen molar-refractivity contribution in [1.29, 1.82) is 0 Å². The molecule has 1 aliphatic rings. The van der Waals surface area contributed by atoms with E-state index in [-0.39, 0.29) is 6.03 Å². The number of para-hydroxylation sites is 2. The van der Waals surface area contributed by atoms with E-state index in [1.54, 1.807) is 0 Å². The average Bonchev–Trinajstić information content (AvgIpc) is 2.65. The van der Waals surface area contributed by atoms with Crippen LogP contribution in [0.4, 0.5) is 10.5 Å². The summed E-state index contributed by atoms with van der Waals surface area (Å²) in [5, 5.41) is 2.97. The number of piperazine rings is 1. The largest absolute Gasteiger partial charge is 0.492 e. The van der Waals surface area contributed by atoms with Gasteiger partial charge in [-0.3, -0.25) is 4.90 Å². The van der Waals surface area contributed by atoms with Crippen LogP contribution < -0.4 is 10.1 Å². The minimum Gasteiger partial charge on any atom is -0.492 e. The van der Waals surface area contributed by atoms with Crippen molar-refractivity contribution in [2.45, 2.75) is 13.5 Å².